The van der Waals surface area contributed by atoms with Crippen LogP contribution < -0.4 is 5.73 Å². The Morgan fingerprint density at radius 1 is 1.21 bits per heavy atom. The molecule has 2 N–H and O–H groups in total. The van der Waals surface area contributed by atoms with E-state index in [9.17, 15) is 0 Å². The molecule has 100 valence electrons. The highest BCUT2D eigenvalue weighted by molar-refractivity contribution is 7.98. The molecule has 1 aromatic carbocycles. The molecule has 2 aromatic rings. The molecular formula is C14H17N3OS. The summed E-state index contributed by atoms with van der Waals surface area (Å²) in [7, 11) is 1.70. The molecule has 0 spiro atoms. The van der Waals surface area contributed by atoms with Crippen molar-refractivity contribution in [1.29, 1.82) is 0 Å². The van der Waals surface area contributed by atoms with E-state index in [-0.39, 0.29) is 6.10 Å². The van der Waals surface area contributed by atoms with Crippen LogP contribution in [-0.2, 0) is 4.74 Å². The van der Waals surface area contributed by atoms with Crippen molar-refractivity contribution in [3.05, 3.63) is 35.9 Å². The molecule has 1 unspecified atom stereocenters. The summed E-state index contributed by atoms with van der Waals surface area (Å²) < 4.78 is 5.29. The van der Waals surface area contributed by atoms with E-state index in [2.05, 4.69) is 9.97 Å². The van der Waals surface area contributed by atoms with E-state index in [0.29, 0.717) is 11.0 Å². The molecule has 1 aromatic heterocycles. The van der Waals surface area contributed by atoms with Crippen LogP contribution >= 0.6 is 11.8 Å². The van der Waals surface area contributed by atoms with Crippen molar-refractivity contribution in [2.24, 2.45) is 0 Å². The molecule has 0 aliphatic heterocycles. The number of methoxy groups -OCH3 is 1. The predicted octanol–water partition coefficient (Wildman–Crippen LogP) is 3.16. The van der Waals surface area contributed by atoms with E-state index in [1.54, 1.807) is 13.2 Å². The van der Waals surface area contributed by atoms with Gasteiger partial charge in [-0.3, -0.25) is 0 Å². The first-order valence-electron chi connectivity index (χ1n) is 5.95. The highest BCUT2D eigenvalue weighted by Crippen LogP contribution is 2.24. The maximum absolute atomic E-state index is 5.79. The number of hydrogen-bond donors (Lipinski definition) is 1. The van der Waals surface area contributed by atoms with Gasteiger partial charge in [-0.1, -0.05) is 36.0 Å². The summed E-state index contributed by atoms with van der Waals surface area (Å²) >= 11 is 1.48. The zero-order valence-corrected chi connectivity index (χ0v) is 12.1. The third kappa shape index (κ3) is 3.24. The van der Waals surface area contributed by atoms with Crippen LogP contribution in [0.3, 0.4) is 0 Å². The predicted molar refractivity (Wildman–Crippen MR) is 79.1 cm³/mol. The molecule has 1 heterocycles. The number of nitrogens with two attached hydrogens (primary N) is 1. The summed E-state index contributed by atoms with van der Waals surface area (Å²) in [6.45, 7) is 2.02. The Kier molecular flexibility index (Phi) is 4.39. The molecule has 1 atom stereocenters. The van der Waals surface area contributed by atoms with E-state index in [4.69, 9.17) is 10.5 Å². The van der Waals surface area contributed by atoms with E-state index in [1.165, 1.54) is 11.8 Å². The molecule has 0 radical (unpaired) electrons. The van der Waals surface area contributed by atoms with Gasteiger partial charge in [-0.2, -0.15) is 0 Å². The molecule has 2 rings (SSSR count). The Morgan fingerprint density at radius 3 is 2.47 bits per heavy atom. The molecule has 19 heavy (non-hydrogen) atoms. The lowest BCUT2D eigenvalue weighted by Gasteiger charge is -2.10. The largest absolute Gasteiger partial charge is 0.384 e. The van der Waals surface area contributed by atoms with Crippen LogP contribution in [0.1, 0.15) is 18.6 Å². The highest BCUT2D eigenvalue weighted by Gasteiger charge is 2.07. The molecule has 0 saturated heterocycles. The molecule has 0 aliphatic carbocycles. The lowest BCUT2D eigenvalue weighted by Crippen LogP contribution is -1.98. The van der Waals surface area contributed by atoms with Crippen LogP contribution in [0.25, 0.3) is 11.3 Å². The van der Waals surface area contributed by atoms with E-state index in [1.807, 2.05) is 37.4 Å². The normalized spacial score (nSPS) is 12.4. The third-order valence-electron chi connectivity index (χ3n) is 2.94. The standard InChI is InChI=1S/C14H17N3OS/c1-9(18-2)10-4-6-11(7-5-10)12-8-13(15)17-14(16-12)19-3/h4-9H,1-3H3,(H2,15,16,17). The molecule has 0 bridgehead atoms. The second-order valence-corrected chi connectivity index (χ2v) is 4.94. The van der Waals surface area contributed by atoms with Crippen LogP contribution in [0.5, 0.6) is 0 Å². The van der Waals surface area contributed by atoms with Gasteiger partial charge in [0.15, 0.2) is 5.16 Å². The van der Waals surface area contributed by atoms with Crippen molar-refractivity contribution in [3.8, 4) is 11.3 Å². The van der Waals surface area contributed by atoms with Crippen molar-refractivity contribution >= 4 is 17.6 Å². The smallest absolute Gasteiger partial charge is 0.189 e. The van der Waals surface area contributed by atoms with Crippen LogP contribution in [0.4, 0.5) is 5.82 Å². The lowest BCUT2D eigenvalue weighted by molar-refractivity contribution is 0.119. The van der Waals surface area contributed by atoms with Crippen LogP contribution in [0, 0.1) is 0 Å². The van der Waals surface area contributed by atoms with Gasteiger partial charge in [0.1, 0.15) is 5.82 Å². The number of rotatable bonds is 4. The molecule has 0 aliphatic rings. The number of thioether (sulfide) groups is 1. The summed E-state index contributed by atoms with van der Waals surface area (Å²) in [5.41, 5.74) is 8.79. The fourth-order valence-electron chi connectivity index (χ4n) is 1.74. The molecule has 5 heteroatoms. The van der Waals surface area contributed by atoms with Crippen LogP contribution in [0.2, 0.25) is 0 Å². The maximum atomic E-state index is 5.79. The maximum Gasteiger partial charge on any atom is 0.189 e. The summed E-state index contributed by atoms with van der Waals surface area (Å²) in [6.07, 6.45) is 2.02. The van der Waals surface area contributed by atoms with Gasteiger partial charge in [-0.15, -0.1) is 0 Å². The Morgan fingerprint density at radius 2 is 1.89 bits per heavy atom. The third-order valence-corrected chi connectivity index (χ3v) is 3.49. The minimum absolute atomic E-state index is 0.0891. The van der Waals surface area contributed by atoms with Gasteiger partial charge in [-0.25, -0.2) is 9.97 Å². The van der Waals surface area contributed by atoms with Gasteiger partial charge in [0.2, 0.25) is 0 Å². The molecular weight excluding hydrogens is 258 g/mol. The number of nitrogen functional groups attached to an aromatic ring is 1. The zero-order valence-electron chi connectivity index (χ0n) is 11.3. The van der Waals surface area contributed by atoms with Crippen molar-refractivity contribution in [2.45, 2.75) is 18.2 Å². The number of nitrogens with zero attached hydrogens (tertiary/aromatic N) is 2. The number of anilines is 1. The summed E-state index contributed by atoms with van der Waals surface area (Å²) in [6, 6.07) is 9.92. The van der Waals surface area contributed by atoms with Gasteiger partial charge in [0, 0.05) is 18.7 Å². The van der Waals surface area contributed by atoms with Crippen molar-refractivity contribution in [2.75, 3.05) is 19.1 Å². The van der Waals surface area contributed by atoms with E-state index >= 15 is 0 Å². The highest BCUT2D eigenvalue weighted by atomic mass is 32.2. The monoisotopic (exact) mass is 275 g/mol. The molecule has 0 amide bonds. The van der Waals surface area contributed by atoms with Gasteiger partial charge < -0.3 is 10.5 Å². The Labute approximate surface area is 117 Å². The zero-order chi connectivity index (χ0) is 13.8. The van der Waals surface area contributed by atoms with Crippen molar-refractivity contribution < 1.29 is 4.74 Å². The average molecular weight is 275 g/mol. The fraction of sp³-hybridized carbons (Fsp3) is 0.286. The first-order valence-corrected chi connectivity index (χ1v) is 7.18. The second kappa shape index (κ2) is 6.04. The fourth-order valence-corrected chi connectivity index (χ4v) is 2.13. The van der Waals surface area contributed by atoms with Crippen molar-refractivity contribution in [1.82, 2.24) is 9.97 Å². The van der Waals surface area contributed by atoms with E-state index in [0.717, 1.165) is 16.8 Å². The summed E-state index contributed by atoms with van der Waals surface area (Å²) in [5, 5.41) is 0.685. The van der Waals surface area contributed by atoms with Crippen LogP contribution in [0.15, 0.2) is 35.5 Å². The van der Waals surface area contributed by atoms with Gasteiger partial charge in [0.25, 0.3) is 0 Å². The van der Waals surface area contributed by atoms with Crippen LogP contribution in [-0.4, -0.2) is 23.3 Å². The quantitative estimate of drug-likeness (QED) is 0.686. The summed E-state index contributed by atoms with van der Waals surface area (Å²) in [4.78, 5) is 8.60. The Hall–Kier alpha value is -1.59. The van der Waals surface area contributed by atoms with Gasteiger partial charge in [0.05, 0.1) is 11.8 Å². The SMILES string of the molecule is COC(C)c1ccc(-c2cc(N)nc(SC)n2)cc1. The second-order valence-electron chi connectivity index (χ2n) is 4.16. The first kappa shape index (κ1) is 13.8. The number of ether oxygens (including phenoxy) is 1. The summed E-state index contributed by atoms with van der Waals surface area (Å²) in [5.74, 6) is 0.490. The minimum atomic E-state index is 0.0891. The number of benzene rings is 1. The lowest BCUT2D eigenvalue weighted by atomic mass is 10.1. The van der Waals surface area contributed by atoms with Gasteiger partial charge in [-0.05, 0) is 18.7 Å². The minimum Gasteiger partial charge on any atom is -0.384 e. The first-order chi connectivity index (χ1) is 9.13. The van der Waals surface area contributed by atoms with E-state index < -0.39 is 0 Å². The topological polar surface area (TPSA) is 61.0 Å². The van der Waals surface area contributed by atoms with Gasteiger partial charge >= 0.3 is 0 Å². The average Bonchev–Trinajstić information content (AvgIpc) is 2.46. The Balaban J connectivity index is 2.34. The number of aromatic nitrogens is 2. The number of hydrogen-bond acceptors (Lipinski definition) is 5. The molecule has 4 nitrogen and oxygen atoms in total. The molecule has 0 saturated carbocycles. The Bertz CT molecular complexity index is 557. The molecule has 0 fully saturated rings. The van der Waals surface area contributed by atoms with Crippen molar-refractivity contribution in [3.63, 3.8) is 0 Å².